The molecule has 168 valence electrons. The van der Waals surface area contributed by atoms with Gasteiger partial charge in [-0.2, -0.15) is 0 Å². The van der Waals surface area contributed by atoms with Gasteiger partial charge in [-0.1, -0.05) is 0 Å². The van der Waals surface area contributed by atoms with Gasteiger partial charge in [0.05, 0.1) is 16.9 Å². The summed E-state index contributed by atoms with van der Waals surface area (Å²) < 4.78 is 1.11. The maximum atomic E-state index is 12.8. The average Bonchev–Trinajstić information content (AvgIpc) is 3.20. The van der Waals surface area contributed by atoms with E-state index >= 15 is 0 Å². The van der Waals surface area contributed by atoms with Crippen LogP contribution in [0.5, 0.6) is 0 Å². The zero-order chi connectivity index (χ0) is 22.5. The Labute approximate surface area is 196 Å². The minimum atomic E-state index is 0.0106. The second kappa shape index (κ2) is 7.97. The number of nitrogens with zero attached hydrogens (tertiary/aromatic N) is 4. The fraction of sp³-hybridized carbons (Fsp3) is 0.320. The van der Waals surface area contributed by atoms with Crippen LogP contribution in [0.4, 0.5) is 11.5 Å². The van der Waals surface area contributed by atoms with Crippen molar-refractivity contribution in [3.05, 3.63) is 47.5 Å². The van der Waals surface area contributed by atoms with E-state index in [1.54, 1.807) is 11.3 Å². The van der Waals surface area contributed by atoms with Crippen LogP contribution in [-0.4, -0.2) is 61.7 Å². The van der Waals surface area contributed by atoms with Crippen molar-refractivity contribution >= 4 is 49.7 Å². The number of hydrogen-bond donors (Lipinski definition) is 2. The fourth-order valence-corrected chi connectivity index (χ4v) is 6.09. The van der Waals surface area contributed by atoms with E-state index in [4.69, 9.17) is 9.97 Å². The first kappa shape index (κ1) is 20.4. The molecule has 0 radical (unpaired) electrons. The second-order valence-electron chi connectivity index (χ2n) is 8.88. The van der Waals surface area contributed by atoms with Crippen molar-refractivity contribution < 1.29 is 4.79 Å². The van der Waals surface area contributed by atoms with Gasteiger partial charge in [-0.25, -0.2) is 9.97 Å². The van der Waals surface area contributed by atoms with Gasteiger partial charge in [0.25, 0.3) is 5.91 Å². The Bertz CT molecular complexity index is 1360. The molecule has 3 aromatic heterocycles. The maximum Gasteiger partial charge on any atom is 0.263 e. The molecule has 0 aliphatic carbocycles. The number of aromatic nitrogens is 2. The number of fused-ring (bicyclic) bond motifs is 5. The first-order valence-electron chi connectivity index (χ1n) is 11.4. The number of pyridine rings is 2. The Morgan fingerprint density at radius 3 is 2.73 bits per heavy atom. The van der Waals surface area contributed by atoms with Crippen LogP contribution in [0.3, 0.4) is 0 Å². The van der Waals surface area contributed by atoms with Crippen molar-refractivity contribution in [3.8, 4) is 11.3 Å². The summed E-state index contributed by atoms with van der Waals surface area (Å²) in [5.41, 5.74) is 3.85. The molecule has 33 heavy (non-hydrogen) atoms. The van der Waals surface area contributed by atoms with Crippen LogP contribution >= 0.6 is 11.3 Å². The molecule has 2 N–H and O–H groups in total. The van der Waals surface area contributed by atoms with Crippen LogP contribution < -0.4 is 20.4 Å². The van der Waals surface area contributed by atoms with Crippen molar-refractivity contribution in [2.75, 3.05) is 49.6 Å². The summed E-state index contributed by atoms with van der Waals surface area (Å²) in [6.07, 6.45) is 1.92. The Hall–Kier alpha value is -3.23. The molecule has 6 rings (SSSR count). The molecule has 1 atom stereocenters. The summed E-state index contributed by atoms with van der Waals surface area (Å²) in [5, 5.41) is 8.67. The van der Waals surface area contributed by atoms with Crippen molar-refractivity contribution in [2.45, 2.75) is 13.0 Å². The van der Waals surface area contributed by atoms with Gasteiger partial charge < -0.3 is 20.4 Å². The zero-order valence-corrected chi connectivity index (χ0v) is 19.6. The molecular formula is C25H26N6OS. The number of nitrogens with one attached hydrogen (secondary N) is 2. The zero-order valence-electron chi connectivity index (χ0n) is 18.8. The average molecular weight is 459 g/mol. The highest BCUT2D eigenvalue weighted by Gasteiger charge is 2.28. The van der Waals surface area contributed by atoms with E-state index in [9.17, 15) is 4.79 Å². The van der Waals surface area contributed by atoms with E-state index in [1.807, 2.05) is 13.1 Å². The molecule has 4 aromatic rings. The smallest absolute Gasteiger partial charge is 0.263 e. The SMILES string of the molecule is CC1CN(C)c2c(sc3ccc4nc(-c5ccc(N6CCNCC6)nc5)ccc4c23)C(=O)N1. The minimum Gasteiger partial charge on any atom is -0.371 e. The molecule has 1 fully saturated rings. The molecule has 0 spiro atoms. The predicted octanol–water partition coefficient (Wildman–Crippen LogP) is 3.49. The highest BCUT2D eigenvalue weighted by Crippen LogP contribution is 2.43. The predicted molar refractivity (Wildman–Crippen MR) is 136 cm³/mol. The van der Waals surface area contributed by atoms with E-state index < -0.39 is 0 Å². The number of thiophene rings is 1. The van der Waals surface area contributed by atoms with Crippen LogP contribution in [0.1, 0.15) is 16.6 Å². The third kappa shape index (κ3) is 3.50. The summed E-state index contributed by atoms with van der Waals surface area (Å²) in [5.74, 6) is 1.02. The lowest BCUT2D eigenvalue weighted by atomic mass is 10.1. The molecule has 2 aliphatic rings. The molecular weight excluding hydrogens is 432 g/mol. The molecule has 2 aliphatic heterocycles. The summed E-state index contributed by atoms with van der Waals surface area (Å²) in [6, 6.07) is 12.6. The normalized spacial score (nSPS) is 19.0. The summed E-state index contributed by atoms with van der Waals surface area (Å²) in [4.78, 5) is 27.7. The van der Waals surface area contributed by atoms with Gasteiger partial charge in [0.2, 0.25) is 0 Å². The molecule has 1 unspecified atom stereocenters. The van der Waals surface area contributed by atoms with Crippen molar-refractivity contribution in [1.82, 2.24) is 20.6 Å². The quantitative estimate of drug-likeness (QED) is 0.479. The molecule has 1 saturated heterocycles. The number of carbonyl (C=O) groups excluding carboxylic acids is 1. The first-order valence-corrected chi connectivity index (χ1v) is 12.2. The van der Waals surface area contributed by atoms with E-state index in [-0.39, 0.29) is 11.9 Å². The number of likely N-dealkylation sites (N-methyl/N-ethyl adjacent to an activating group) is 1. The number of amides is 1. The van der Waals surface area contributed by atoms with E-state index in [1.165, 1.54) is 0 Å². The number of rotatable bonds is 2. The van der Waals surface area contributed by atoms with Crippen LogP contribution in [0.25, 0.3) is 32.2 Å². The van der Waals surface area contributed by atoms with Crippen molar-refractivity contribution in [2.24, 2.45) is 0 Å². The molecule has 0 bridgehead atoms. The van der Waals surface area contributed by atoms with Crippen LogP contribution in [-0.2, 0) is 0 Å². The Morgan fingerprint density at radius 1 is 1.09 bits per heavy atom. The Morgan fingerprint density at radius 2 is 1.94 bits per heavy atom. The number of benzene rings is 1. The van der Waals surface area contributed by atoms with Crippen LogP contribution in [0.2, 0.25) is 0 Å². The van der Waals surface area contributed by atoms with E-state index in [0.29, 0.717) is 0 Å². The van der Waals surface area contributed by atoms with Crippen LogP contribution in [0, 0.1) is 0 Å². The molecule has 7 nitrogen and oxygen atoms in total. The van der Waals surface area contributed by atoms with E-state index in [0.717, 1.165) is 81.4 Å². The standard InChI is InChI=1S/C25H26N6OS/c1-15-14-30(2)23-22-17-4-5-18(16-3-8-21(27-13-16)31-11-9-26-10-12-31)29-19(17)6-7-20(22)33-24(23)25(32)28-15/h3-8,13,15,26H,9-12,14H2,1-2H3,(H,28,32). The third-order valence-corrected chi connectivity index (χ3v) is 7.64. The topological polar surface area (TPSA) is 73.4 Å². The van der Waals surface area contributed by atoms with Gasteiger partial charge in [-0.15, -0.1) is 11.3 Å². The van der Waals surface area contributed by atoms with E-state index in [2.05, 4.69) is 63.9 Å². The lowest BCUT2D eigenvalue weighted by molar-refractivity contribution is 0.0949. The van der Waals surface area contributed by atoms with Crippen molar-refractivity contribution in [1.29, 1.82) is 0 Å². The molecule has 8 heteroatoms. The first-order chi connectivity index (χ1) is 16.1. The maximum absolute atomic E-state index is 12.8. The van der Waals surface area contributed by atoms with Gasteiger partial charge in [0.1, 0.15) is 10.7 Å². The Balaban J connectivity index is 1.41. The van der Waals surface area contributed by atoms with Gasteiger partial charge in [0, 0.05) is 73.0 Å². The minimum absolute atomic E-state index is 0.0106. The lowest BCUT2D eigenvalue weighted by Gasteiger charge is -2.28. The highest BCUT2D eigenvalue weighted by molar-refractivity contribution is 7.21. The van der Waals surface area contributed by atoms with Gasteiger partial charge in [-0.05, 0) is 43.3 Å². The highest BCUT2D eigenvalue weighted by atomic mass is 32.1. The Kier molecular flexibility index (Phi) is 4.92. The number of piperazine rings is 1. The third-order valence-electron chi connectivity index (χ3n) is 6.49. The number of hydrogen-bond acceptors (Lipinski definition) is 7. The molecule has 0 saturated carbocycles. The molecule has 1 aromatic carbocycles. The molecule has 5 heterocycles. The summed E-state index contributed by atoms with van der Waals surface area (Å²) >= 11 is 1.56. The largest absolute Gasteiger partial charge is 0.371 e. The monoisotopic (exact) mass is 458 g/mol. The van der Waals surface area contributed by atoms with Crippen molar-refractivity contribution in [3.63, 3.8) is 0 Å². The summed E-state index contributed by atoms with van der Waals surface area (Å²) in [7, 11) is 2.06. The fourth-order valence-electron chi connectivity index (χ4n) is 4.92. The number of anilines is 2. The van der Waals surface area contributed by atoms with Crippen LogP contribution in [0.15, 0.2) is 42.6 Å². The van der Waals surface area contributed by atoms with Gasteiger partial charge >= 0.3 is 0 Å². The van der Waals surface area contributed by atoms with Gasteiger partial charge in [0.15, 0.2) is 0 Å². The van der Waals surface area contributed by atoms with Gasteiger partial charge in [-0.3, -0.25) is 4.79 Å². The summed E-state index contributed by atoms with van der Waals surface area (Å²) in [6.45, 7) is 6.76. The molecule has 1 amide bonds. The lowest BCUT2D eigenvalue weighted by Crippen LogP contribution is -2.43. The second-order valence-corrected chi connectivity index (χ2v) is 9.93. The number of carbonyl (C=O) groups is 1.